The van der Waals surface area contributed by atoms with Crippen LogP contribution in [-0.2, 0) is 9.59 Å². The molecule has 5 nitrogen and oxygen atoms in total. The van der Waals surface area contributed by atoms with Crippen LogP contribution in [-0.4, -0.2) is 17.9 Å². The number of hydrogen-bond donors (Lipinski definition) is 2. The molecule has 1 aliphatic rings. The summed E-state index contributed by atoms with van der Waals surface area (Å²) in [4.78, 5) is 25.4. The highest BCUT2D eigenvalue weighted by atomic mass is 35.5. The number of halogens is 1. The normalized spacial score (nSPS) is 14.6. The lowest BCUT2D eigenvalue weighted by Gasteiger charge is -2.18. The minimum Gasteiger partial charge on any atom is -0.489 e. The molecule has 2 aromatic rings. The third-order valence-electron chi connectivity index (χ3n) is 4.20. The van der Waals surface area contributed by atoms with Gasteiger partial charge < -0.3 is 15.4 Å². The predicted molar refractivity (Wildman–Crippen MR) is 103 cm³/mol. The number of amides is 2. The Morgan fingerprint density at radius 2 is 1.73 bits per heavy atom. The average Bonchev–Trinajstić information content (AvgIpc) is 3.38. The van der Waals surface area contributed by atoms with Gasteiger partial charge in [0.25, 0.3) is 0 Å². The van der Waals surface area contributed by atoms with E-state index >= 15 is 0 Å². The Hall–Kier alpha value is -2.53. The predicted octanol–water partition coefficient (Wildman–Crippen LogP) is 4.48. The number of carbonyl (C=O) groups excluding carboxylic acids is 2. The molecule has 0 atom stereocenters. The number of anilines is 2. The molecule has 2 aromatic carbocycles. The Bertz CT molecular complexity index is 831. The fraction of sp³-hybridized carbons (Fsp3) is 0.300. The molecule has 0 heterocycles. The van der Waals surface area contributed by atoms with Crippen LogP contribution in [0.5, 0.6) is 5.75 Å². The van der Waals surface area contributed by atoms with E-state index in [2.05, 4.69) is 10.6 Å². The largest absolute Gasteiger partial charge is 0.489 e. The Morgan fingerprint density at radius 1 is 1.04 bits per heavy atom. The number of nitrogens with one attached hydrogen (secondary N) is 2. The van der Waals surface area contributed by atoms with Crippen LogP contribution < -0.4 is 15.4 Å². The van der Waals surface area contributed by atoms with Gasteiger partial charge in [-0.2, -0.15) is 0 Å². The summed E-state index contributed by atoms with van der Waals surface area (Å²) in [5.74, 6) is -0.0572. The molecule has 136 valence electrons. The van der Waals surface area contributed by atoms with Crippen LogP contribution in [0.1, 0.15) is 26.7 Å². The number of rotatable bonds is 6. The molecule has 0 aliphatic heterocycles. The molecule has 1 aliphatic carbocycles. The molecule has 26 heavy (non-hydrogen) atoms. The van der Waals surface area contributed by atoms with Crippen molar-refractivity contribution in [1.82, 2.24) is 0 Å². The van der Waals surface area contributed by atoms with Gasteiger partial charge in [-0.3, -0.25) is 9.59 Å². The Kier molecular flexibility index (Phi) is 5.18. The maximum atomic E-state index is 12.8. The molecule has 0 unspecified atom stereocenters. The van der Waals surface area contributed by atoms with Gasteiger partial charge in [0.1, 0.15) is 11.2 Å². The molecule has 0 spiro atoms. The van der Waals surface area contributed by atoms with Gasteiger partial charge in [-0.25, -0.2) is 0 Å². The summed E-state index contributed by atoms with van der Waals surface area (Å²) < 4.78 is 5.72. The van der Waals surface area contributed by atoms with Crippen LogP contribution in [0.2, 0.25) is 5.02 Å². The first-order chi connectivity index (χ1) is 12.4. The second-order valence-electron chi connectivity index (χ2n) is 6.66. The molecule has 1 fully saturated rings. The molecule has 0 aromatic heterocycles. The summed E-state index contributed by atoms with van der Waals surface area (Å²) >= 11 is 5.94. The summed E-state index contributed by atoms with van der Waals surface area (Å²) in [6, 6.07) is 14.1. The number of hydrogen-bond acceptors (Lipinski definition) is 3. The first kappa shape index (κ1) is 18.3. The fourth-order valence-corrected chi connectivity index (χ4v) is 2.86. The zero-order valence-corrected chi connectivity index (χ0v) is 15.5. The van der Waals surface area contributed by atoms with Gasteiger partial charge >= 0.3 is 0 Å². The fourth-order valence-electron chi connectivity index (χ4n) is 2.67. The Morgan fingerprint density at radius 3 is 2.38 bits per heavy atom. The van der Waals surface area contributed by atoms with E-state index in [1.54, 1.807) is 36.4 Å². The van der Waals surface area contributed by atoms with Crippen molar-refractivity contribution in [1.29, 1.82) is 0 Å². The van der Waals surface area contributed by atoms with E-state index in [0.717, 1.165) is 0 Å². The summed E-state index contributed by atoms with van der Waals surface area (Å²) in [5.41, 5.74) is 0.0888. The first-order valence-electron chi connectivity index (χ1n) is 8.55. The number of para-hydroxylation sites is 2. The minimum atomic E-state index is -1.05. The van der Waals surface area contributed by atoms with Crippen molar-refractivity contribution in [3.05, 3.63) is 53.6 Å². The lowest BCUT2D eigenvalue weighted by atomic mass is 10.0. The van der Waals surface area contributed by atoms with Crippen LogP contribution >= 0.6 is 11.6 Å². The number of carbonyl (C=O) groups is 2. The van der Waals surface area contributed by atoms with Crippen molar-refractivity contribution in [2.75, 3.05) is 10.6 Å². The molecular formula is C20H21ClN2O3. The smallest absolute Gasteiger partial charge is 0.240 e. The van der Waals surface area contributed by atoms with E-state index in [1.807, 2.05) is 26.0 Å². The topological polar surface area (TPSA) is 67.4 Å². The first-order valence-corrected chi connectivity index (χ1v) is 8.93. The summed E-state index contributed by atoms with van der Waals surface area (Å²) in [5, 5.41) is 6.15. The third-order valence-corrected chi connectivity index (χ3v) is 4.43. The van der Waals surface area contributed by atoms with Crippen molar-refractivity contribution in [2.45, 2.75) is 32.8 Å². The van der Waals surface area contributed by atoms with Crippen LogP contribution in [0.25, 0.3) is 0 Å². The zero-order valence-electron chi connectivity index (χ0n) is 14.7. The van der Waals surface area contributed by atoms with Gasteiger partial charge in [-0.1, -0.05) is 29.8 Å². The highest BCUT2D eigenvalue weighted by Crippen LogP contribution is 2.48. The van der Waals surface area contributed by atoms with Crippen molar-refractivity contribution >= 4 is 34.8 Å². The standard InChI is InChI=1S/C20H21ClN2O3/c1-13(2)26-17-9-4-3-8-16(17)23-19(25)20(10-11-20)18(24)22-15-7-5-6-14(21)12-15/h3-9,12-13H,10-11H2,1-2H3,(H,22,24)(H,23,25). The Balaban J connectivity index is 1.72. The molecule has 0 radical (unpaired) electrons. The molecule has 2 amide bonds. The lowest BCUT2D eigenvalue weighted by molar-refractivity contribution is -0.131. The molecular weight excluding hydrogens is 352 g/mol. The van der Waals surface area contributed by atoms with E-state index in [0.29, 0.717) is 35.0 Å². The highest BCUT2D eigenvalue weighted by molar-refractivity contribution is 6.31. The molecule has 3 rings (SSSR count). The van der Waals surface area contributed by atoms with Gasteiger partial charge in [-0.15, -0.1) is 0 Å². The maximum absolute atomic E-state index is 12.8. The van der Waals surface area contributed by atoms with Crippen LogP contribution in [0.4, 0.5) is 11.4 Å². The van der Waals surface area contributed by atoms with Crippen molar-refractivity contribution in [3.63, 3.8) is 0 Å². The third kappa shape index (κ3) is 3.99. The van der Waals surface area contributed by atoms with Crippen LogP contribution in [0, 0.1) is 5.41 Å². The Labute approximate surface area is 157 Å². The van der Waals surface area contributed by atoms with Crippen molar-refractivity contribution < 1.29 is 14.3 Å². The van der Waals surface area contributed by atoms with E-state index in [4.69, 9.17) is 16.3 Å². The zero-order chi connectivity index (χ0) is 18.7. The van der Waals surface area contributed by atoms with Crippen LogP contribution in [0.3, 0.4) is 0 Å². The number of ether oxygens (including phenoxy) is 1. The van der Waals surface area contributed by atoms with Gasteiger partial charge in [0.15, 0.2) is 0 Å². The van der Waals surface area contributed by atoms with Gasteiger partial charge in [0.05, 0.1) is 11.8 Å². The second kappa shape index (κ2) is 7.38. The lowest BCUT2D eigenvalue weighted by Crippen LogP contribution is -2.35. The summed E-state index contributed by atoms with van der Waals surface area (Å²) in [6.45, 7) is 3.83. The monoisotopic (exact) mass is 372 g/mol. The van der Waals surface area contributed by atoms with Crippen molar-refractivity contribution in [2.24, 2.45) is 5.41 Å². The van der Waals surface area contributed by atoms with Crippen molar-refractivity contribution in [3.8, 4) is 5.75 Å². The van der Waals surface area contributed by atoms with Gasteiger partial charge in [0, 0.05) is 10.7 Å². The molecule has 6 heteroatoms. The average molecular weight is 373 g/mol. The van der Waals surface area contributed by atoms with E-state index in [9.17, 15) is 9.59 Å². The summed E-state index contributed by atoms with van der Waals surface area (Å²) in [6.07, 6.45) is 1.01. The van der Waals surface area contributed by atoms with Crippen LogP contribution in [0.15, 0.2) is 48.5 Å². The summed E-state index contributed by atoms with van der Waals surface area (Å²) in [7, 11) is 0. The highest BCUT2D eigenvalue weighted by Gasteiger charge is 2.56. The molecule has 1 saturated carbocycles. The SMILES string of the molecule is CC(C)Oc1ccccc1NC(=O)C1(C(=O)Nc2cccc(Cl)c2)CC1. The van der Waals surface area contributed by atoms with E-state index in [-0.39, 0.29) is 17.9 Å². The number of benzene rings is 2. The quantitative estimate of drug-likeness (QED) is 0.734. The minimum absolute atomic E-state index is 0.0194. The molecule has 0 bridgehead atoms. The maximum Gasteiger partial charge on any atom is 0.240 e. The molecule has 0 saturated heterocycles. The van der Waals surface area contributed by atoms with E-state index in [1.165, 1.54) is 0 Å². The van der Waals surface area contributed by atoms with E-state index < -0.39 is 5.41 Å². The molecule has 2 N–H and O–H groups in total. The second-order valence-corrected chi connectivity index (χ2v) is 7.10. The van der Waals surface area contributed by atoms with Gasteiger partial charge in [0.2, 0.25) is 11.8 Å². The van der Waals surface area contributed by atoms with Gasteiger partial charge in [-0.05, 0) is 57.0 Å².